The number of nitrogens with one attached hydrogen (secondary N) is 1. The Kier molecular flexibility index (Phi) is 5.70. The third-order valence-corrected chi connectivity index (χ3v) is 3.23. The van der Waals surface area contributed by atoms with Gasteiger partial charge in [-0.2, -0.15) is 0 Å². The van der Waals surface area contributed by atoms with Crippen molar-refractivity contribution in [2.75, 3.05) is 13.1 Å². The van der Waals surface area contributed by atoms with Crippen LogP contribution in [0.25, 0.3) is 5.69 Å². The zero-order chi connectivity index (χ0) is 16.8. The largest absolute Gasteiger partial charge is 0.491 e. The second kappa shape index (κ2) is 7.73. The summed E-state index contributed by atoms with van der Waals surface area (Å²) >= 11 is 0. The third kappa shape index (κ3) is 4.29. The van der Waals surface area contributed by atoms with Crippen LogP contribution in [0.2, 0.25) is 0 Å². The molecule has 0 unspecified atom stereocenters. The monoisotopic (exact) mass is 317 g/mol. The van der Waals surface area contributed by atoms with Crippen LogP contribution in [0.4, 0.5) is 0 Å². The van der Waals surface area contributed by atoms with Gasteiger partial charge in [-0.15, -0.1) is 5.10 Å². The van der Waals surface area contributed by atoms with Crippen LogP contribution in [0, 0.1) is 6.92 Å². The minimum Gasteiger partial charge on any atom is -0.491 e. The van der Waals surface area contributed by atoms with E-state index in [1.54, 1.807) is 4.68 Å². The molecule has 2 rings (SSSR count). The van der Waals surface area contributed by atoms with Gasteiger partial charge in [0, 0.05) is 6.54 Å². The number of hydrogen-bond acceptors (Lipinski definition) is 5. The van der Waals surface area contributed by atoms with Crippen molar-refractivity contribution in [3.05, 3.63) is 35.7 Å². The van der Waals surface area contributed by atoms with Crippen LogP contribution in [0.15, 0.2) is 24.3 Å². The Morgan fingerprint density at radius 1 is 1.35 bits per heavy atom. The molecule has 0 aliphatic carbocycles. The molecule has 0 aliphatic rings. The summed E-state index contributed by atoms with van der Waals surface area (Å²) in [5.74, 6) is 0.559. The molecule has 0 fully saturated rings. The summed E-state index contributed by atoms with van der Waals surface area (Å²) in [6.07, 6.45) is 0.855. The lowest BCUT2D eigenvalue weighted by molar-refractivity contribution is 0.0948. The summed E-state index contributed by atoms with van der Waals surface area (Å²) in [7, 11) is 0. The quantitative estimate of drug-likeness (QED) is 0.754. The van der Waals surface area contributed by atoms with Gasteiger partial charge in [-0.05, 0) is 58.0 Å². The van der Waals surface area contributed by atoms with Gasteiger partial charge >= 0.3 is 0 Å². The summed E-state index contributed by atoms with van der Waals surface area (Å²) in [6, 6.07) is 7.51. The molecule has 0 saturated heterocycles. The van der Waals surface area contributed by atoms with E-state index in [2.05, 4.69) is 15.6 Å². The summed E-state index contributed by atoms with van der Waals surface area (Å²) in [5.41, 5.74) is 7.25. The number of nitrogens with zero attached hydrogens (tertiary/aromatic N) is 3. The molecule has 3 N–H and O–H groups in total. The first-order valence-corrected chi connectivity index (χ1v) is 7.70. The van der Waals surface area contributed by atoms with E-state index in [0.29, 0.717) is 24.5 Å². The molecule has 1 aromatic carbocycles. The van der Waals surface area contributed by atoms with Crippen LogP contribution in [0.1, 0.15) is 36.5 Å². The highest BCUT2D eigenvalue weighted by Gasteiger charge is 2.16. The fourth-order valence-electron chi connectivity index (χ4n) is 2.11. The van der Waals surface area contributed by atoms with Gasteiger partial charge in [0.25, 0.3) is 5.91 Å². The molecule has 1 amide bonds. The van der Waals surface area contributed by atoms with Crippen LogP contribution in [0.3, 0.4) is 0 Å². The predicted molar refractivity (Wildman–Crippen MR) is 87.9 cm³/mol. The van der Waals surface area contributed by atoms with Gasteiger partial charge in [0.1, 0.15) is 5.75 Å². The van der Waals surface area contributed by atoms with Crippen LogP contribution in [-0.4, -0.2) is 40.1 Å². The summed E-state index contributed by atoms with van der Waals surface area (Å²) in [4.78, 5) is 12.1. The lowest BCUT2D eigenvalue weighted by atomic mass is 10.2. The maximum absolute atomic E-state index is 12.1. The highest BCUT2D eigenvalue weighted by molar-refractivity contribution is 5.93. The number of benzene rings is 1. The second-order valence-corrected chi connectivity index (χ2v) is 5.49. The molecular weight excluding hydrogens is 294 g/mol. The predicted octanol–water partition coefficient (Wildman–Crippen LogP) is 1.44. The van der Waals surface area contributed by atoms with Gasteiger partial charge in [-0.1, -0.05) is 5.21 Å². The highest BCUT2D eigenvalue weighted by Crippen LogP contribution is 2.18. The van der Waals surface area contributed by atoms with Crippen molar-refractivity contribution in [1.82, 2.24) is 20.3 Å². The van der Waals surface area contributed by atoms with Crippen molar-refractivity contribution in [1.29, 1.82) is 0 Å². The molecule has 0 atom stereocenters. The molecule has 23 heavy (non-hydrogen) atoms. The van der Waals surface area contributed by atoms with Gasteiger partial charge < -0.3 is 15.8 Å². The van der Waals surface area contributed by atoms with E-state index < -0.39 is 0 Å². The first-order valence-electron chi connectivity index (χ1n) is 7.70. The van der Waals surface area contributed by atoms with Crippen molar-refractivity contribution < 1.29 is 9.53 Å². The lowest BCUT2D eigenvalue weighted by Gasteiger charge is -2.10. The average Bonchev–Trinajstić information content (AvgIpc) is 2.89. The van der Waals surface area contributed by atoms with Crippen LogP contribution < -0.4 is 15.8 Å². The number of carbonyl (C=O) groups is 1. The maximum Gasteiger partial charge on any atom is 0.273 e. The number of ether oxygens (including phenoxy) is 1. The Bertz CT molecular complexity index is 649. The van der Waals surface area contributed by atoms with Gasteiger partial charge in [0.15, 0.2) is 5.69 Å². The molecule has 1 aromatic heterocycles. The highest BCUT2D eigenvalue weighted by atomic mass is 16.5. The van der Waals surface area contributed by atoms with Crippen molar-refractivity contribution in [3.63, 3.8) is 0 Å². The smallest absolute Gasteiger partial charge is 0.273 e. The number of aromatic nitrogens is 3. The Labute approximate surface area is 135 Å². The van der Waals surface area contributed by atoms with Gasteiger partial charge in [0.05, 0.1) is 17.5 Å². The molecule has 7 nitrogen and oxygen atoms in total. The zero-order valence-electron chi connectivity index (χ0n) is 13.7. The van der Waals surface area contributed by atoms with E-state index in [9.17, 15) is 4.79 Å². The van der Waals surface area contributed by atoms with E-state index in [1.807, 2.05) is 45.0 Å². The minimum atomic E-state index is -0.234. The third-order valence-electron chi connectivity index (χ3n) is 3.23. The number of hydrogen-bond donors (Lipinski definition) is 2. The molecule has 0 saturated carbocycles. The normalized spacial score (nSPS) is 10.8. The Morgan fingerprint density at radius 2 is 2.04 bits per heavy atom. The number of amides is 1. The van der Waals surface area contributed by atoms with Crippen LogP contribution in [0.5, 0.6) is 5.75 Å². The fourth-order valence-corrected chi connectivity index (χ4v) is 2.11. The topological polar surface area (TPSA) is 95.1 Å². The first kappa shape index (κ1) is 17.0. The van der Waals surface area contributed by atoms with Gasteiger partial charge in [0.2, 0.25) is 0 Å². The molecule has 0 aliphatic heterocycles. The zero-order valence-corrected chi connectivity index (χ0v) is 13.7. The van der Waals surface area contributed by atoms with E-state index in [-0.39, 0.29) is 12.0 Å². The molecule has 124 valence electrons. The van der Waals surface area contributed by atoms with Crippen molar-refractivity contribution >= 4 is 5.91 Å². The molecule has 2 aromatic rings. The Morgan fingerprint density at radius 3 is 2.65 bits per heavy atom. The van der Waals surface area contributed by atoms with E-state index >= 15 is 0 Å². The van der Waals surface area contributed by atoms with E-state index in [0.717, 1.165) is 17.9 Å². The number of carbonyl (C=O) groups excluding carboxylic acids is 1. The summed E-state index contributed by atoms with van der Waals surface area (Å²) < 4.78 is 7.25. The van der Waals surface area contributed by atoms with Crippen molar-refractivity contribution in [3.8, 4) is 11.4 Å². The molecule has 7 heteroatoms. The maximum atomic E-state index is 12.1. The first-order chi connectivity index (χ1) is 11.0. The SMILES string of the molecule is Cc1c(C(=O)NCCCN)nnn1-c1ccc(OC(C)C)cc1. The second-order valence-electron chi connectivity index (χ2n) is 5.49. The average molecular weight is 317 g/mol. The molecule has 1 heterocycles. The van der Waals surface area contributed by atoms with Gasteiger partial charge in [-0.25, -0.2) is 4.68 Å². The lowest BCUT2D eigenvalue weighted by Crippen LogP contribution is -2.27. The number of nitrogens with two attached hydrogens (primary N) is 1. The number of rotatable bonds is 7. The van der Waals surface area contributed by atoms with Crippen LogP contribution >= 0.6 is 0 Å². The molecular formula is C16H23N5O2. The Hall–Kier alpha value is -2.41. The minimum absolute atomic E-state index is 0.123. The van der Waals surface area contributed by atoms with Crippen LogP contribution in [-0.2, 0) is 0 Å². The molecule has 0 spiro atoms. The summed E-state index contributed by atoms with van der Waals surface area (Å²) in [6.45, 7) is 6.84. The van der Waals surface area contributed by atoms with E-state index in [4.69, 9.17) is 10.5 Å². The van der Waals surface area contributed by atoms with Crippen molar-refractivity contribution in [2.24, 2.45) is 5.73 Å². The van der Waals surface area contributed by atoms with Crippen molar-refractivity contribution in [2.45, 2.75) is 33.3 Å². The van der Waals surface area contributed by atoms with E-state index in [1.165, 1.54) is 0 Å². The Balaban J connectivity index is 2.13. The fraction of sp³-hybridized carbons (Fsp3) is 0.438. The van der Waals surface area contributed by atoms with Gasteiger partial charge in [-0.3, -0.25) is 4.79 Å². The molecule has 0 bridgehead atoms. The molecule has 0 radical (unpaired) electrons. The summed E-state index contributed by atoms with van der Waals surface area (Å²) in [5, 5.41) is 10.8. The standard InChI is InChI=1S/C16H23N5O2/c1-11(2)23-14-7-5-13(6-8-14)21-12(3)15(19-20-21)16(22)18-10-4-9-17/h5-8,11H,4,9-10,17H2,1-3H3,(H,18,22).